The molecule has 0 aromatic rings. The van der Waals surface area contributed by atoms with Crippen molar-refractivity contribution in [1.82, 2.24) is 5.32 Å². The monoisotopic (exact) mass is 225 g/mol. The second-order valence-corrected chi connectivity index (χ2v) is 5.55. The first-order valence-electron chi connectivity index (χ1n) is 7.18. The molecule has 16 heavy (non-hydrogen) atoms. The van der Waals surface area contributed by atoms with Crippen molar-refractivity contribution in [2.45, 2.75) is 57.5 Å². The molecule has 1 saturated heterocycles. The zero-order chi connectivity index (χ0) is 11.2. The lowest BCUT2D eigenvalue weighted by Gasteiger charge is -2.37. The molecule has 2 unspecified atom stereocenters. The van der Waals surface area contributed by atoms with Crippen LogP contribution in [-0.2, 0) is 4.74 Å². The molecule has 0 aromatic carbocycles. The van der Waals surface area contributed by atoms with E-state index in [1.807, 2.05) is 0 Å². The molecule has 2 rings (SSSR count). The molecule has 2 fully saturated rings. The topological polar surface area (TPSA) is 21.3 Å². The fourth-order valence-electron chi connectivity index (χ4n) is 3.51. The van der Waals surface area contributed by atoms with E-state index in [0.717, 1.165) is 25.0 Å². The van der Waals surface area contributed by atoms with Crippen LogP contribution in [0.25, 0.3) is 0 Å². The van der Waals surface area contributed by atoms with Crippen LogP contribution in [0.5, 0.6) is 0 Å². The molecule has 1 N–H and O–H groups in total. The summed E-state index contributed by atoms with van der Waals surface area (Å²) in [4.78, 5) is 0. The Morgan fingerprint density at radius 1 is 1.00 bits per heavy atom. The van der Waals surface area contributed by atoms with E-state index in [-0.39, 0.29) is 0 Å². The Balaban J connectivity index is 1.92. The summed E-state index contributed by atoms with van der Waals surface area (Å²) in [5, 5.41) is 3.34. The molecule has 0 spiro atoms. The fraction of sp³-hybridized carbons (Fsp3) is 1.00. The van der Waals surface area contributed by atoms with E-state index in [1.54, 1.807) is 0 Å². The van der Waals surface area contributed by atoms with Gasteiger partial charge in [-0.15, -0.1) is 0 Å². The average molecular weight is 225 g/mol. The highest BCUT2D eigenvalue weighted by atomic mass is 16.5. The molecule has 1 aliphatic heterocycles. The highest BCUT2D eigenvalue weighted by molar-refractivity contribution is 4.83. The predicted molar refractivity (Wildman–Crippen MR) is 67.6 cm³/mol. The van der Waals surface area contributed by atoms with Gasteiger partial charge in [-0.3, -0.25) is 0 Å². The quantitative estimate of drug-likeness (QED) is 0.746. The maximum Gasteiger partial charge on any atom is 0.0643 e. The van der Waals surface area contributed by atoms with Crippen molar-refractivity contribution in [3.05, 3.63) is 0 Å². The smallest absolute Gasteiger partial charge is 0.0643 e. The van der Waals surface area contributed by atoms with Gasteiger partial charge in [0.25, 0.3) is 0 Å². The van der Waals surface area contributed by atoms with E-state index in [4.69, 9.17) is 4.74 Å². The first-order chi connectivity index (χ1) is 7.92. The van der Waals surface area contributed by atoms with Crippen LogP contribution >= 0.6 is 0 Å². The summed E-state index contributed by atoms with van der Waals surface area (Å²) in [5.74, 6) is 1.61. The van der Waals surface area contributed by atoms with E-state index in [0.29, 0.717) is 6.10 Å². The van der Waals surface area contributed by atoms with Gasteiger partial charge in [0, 0.05) is 13.2 Å². The van der Waals surface area contributed by atoms with Gasteiger partial charge in [0.1, 0.15) is 0 Å². The molecule has 0 radical (unpaired) electrons. The maximum absolute atomic E-state index is 6.10. The zero-order valence-corrected chi connectivity index (χ0v) is 10.7. The van der Waals surface area contributed by atoms with Crippen LogP contribution in [0, 0.1) is 11.8 Å². The Morgan fingerprint density at radius 2 is 1.75 bits per heavy atom. The van der Waals surface area contributed by atoms with Crippen molar-refractivity contribution >= 4 is 0 Å². The second-order valence-electron chi connectivity index (χ2n) is 5.55. The Bertz CT molecular complexity index is 185. The van der Waals surface area contributed by atoms with Crippen molar-refractivity contribution in [3.63, 3.8) is 0 Å². The van der Waals surface area contributed by atoms with Gasteiger partial charge in [-0.05, 0) is 44.6 Å². The molecule has 0 aromatic heterocycles. The van der Waals surface area contributed by atoms with Crippen molar-refractivity contribution in [3.8, 4) is 0 Å². The first kappa shape index (κ1) is 12.4. The minimum atomic E-state index is 0.555. The summed E-state index contributed by atoms with van der Waals surface area (Å²) in [5.41, 5.74) is 0. The Labute approximate surface area is 100 Å². The zero-order valence-electron chi connectivity index (χ0n) is 10.7. The Morgan fingerprint density at radius 3 is 2.44 bits per heavy atom. The minimum absolute atomic E-state index is 0.555. The number of ether oxygens (including phenoxy) is 1. The van der Waals surface area contributed by atoms with Gasteiger partial charge >= 0.3 is 0 Å². The van der Waals surface area contributed by atoms with Crippen LogP contribution < -0.4 is 5.32 Å². The number of hydrogen-bond donors (Lipinski definition) is 1. The summed E-state index contributed by atoms with van der Waals surface area (Å²) in [6.45, 7) is 2.14. The van der Waals surface area contributed by atoms with Crippen molar-refractivity contribution in [2.24, 2.45) is 11.8 Å². The third kappa shape index (κ3) is 3.21. The van der Waals surface area contributed by atoms with Crippen LogP contribution in [-0.4, -0.2) is 26.3 Å². The molecule has 2 aliphatic rings. The molecule has 2 atom stereocenters. The van der Waals surface area contributed by atoms with Gasteiger partial charge in [0.15, 0.2) is 0 Å². The van der Waals surface area contributed by atoms with E-state index in [2.05, 4.69) is 12.4 Å². The van der Waals surface area contributed by atoms with Crippen LogP contribution in [0.1, 0.15) is 51.4 Å². The molecular formula is C14H27NO. The first-order valence-corrected chi connectivity index (χ1v) is 7.18. The highest BCUT2D eigenvalue weighted by Gasteiger charge is 2.32. The van der Waals surface area contributed by atoms with Crippen LogP contribution in [0.2, 0.25) is 0 Å². The summed E-state index contributed by atoms with van der Waals surface area (Å²) in [6, 6.07) is 0. The Kier molecular flexibility index (Phi) is 5.11. The predicted octanol–water partition coefficient (Wildman–Crippen LogP) is 2.97. The molecule has 1 heterocycles. The number of hydrogen-bond acceptors (Lipinski definition) is 2. The highest BCUT2D eigenvalue weighted by Crippen LogP contribution is 2.34. The van der Waals surface area contributed by atoms with Crippen molar-refractivity contribution in [1.29, 1.82) is 0 Å². The summed E-state index contributed by atoms with van der Waals surface area (Å²) >= 11 is 0. The lowest BCUT2D eigenvalue weighted by molar-refractivity contribution is -0.0628. The van der Waals surface area contributed by atoms with Crippen LogP contribution in [0.15, 0.2) is 0 Å². The normalized spacial score (nSPS) is 33.6. The van der Waals surface area contributed by atoms with Gasteiger partial charge in [-0.2, -0.15) is 0 Å². The fourth-order valence-corrected chi connectivity index (χ4v) is 3.51. The molecule has 1 aliphatic carbocycles. The van der Waals surface area contributed by atoms with Gasteiger partial charge in [-0.1, -0.05) is 25.7 Å². The minimum Gasteiger partial charge on any atom is -0.378 e. The van der Waals surface area contributed by atoms with E-state index < -0.39 is 0 Å². The summed E-state index contributed by atoms with van der Waals surface area (Å²) in [6.07, 6.45) is 11.7. The maximum atomic E-state index is 6.10. The van der Waals surface area contributed by atoms with Crippen LogP contribution in [0.3, 0.4) is 0 Å². The van der Waals surface area contributed by atoms with Gasteiger partial charge in [0.2, 0.25) is 0 Å². The Hall–Kier alpha value is -0.0800. The summed E-state index contributed by atoms with van der Waals surface area (Å²) < 4.78 is 6.10. The van der Waals surface area contributed by atoms with E-state index >= 15 is 0 Å². The molecule has 94 valence electrons. The molecule has 2 heteroatoms. The van der Waals surface area contributed by atoms with Crippen molar-refractivity contribution < 1.29 is 4.74 Å². The van der Waals surface area contributed by atoms with Gasteiger partial charge < -0.3 is 10.1 Å². The lowest BCUT2D eigenvalue weighted by atomic mass is 9.82. The number of rotatable bonds is 3. The second kappa shape index (κ2) is 6.61. The molecule has 1 saturated carbocycles. The average Bonchev–Trinajstić information content (AvgIpc) is 2.59. The van der Waals surface area contributed by atoms with E-state index in [9.17, 15) is 0 Å². The standard InChI is InChI=1S/C14H27NO/c1-15-11-13-9-6-10-16-14(13)12-7-4-2-3-5-8-12/h12-15H,2-11H2,1H3. The van der Waals surface area contributed by atoms with Gasteiger partial charge in [0.05, 0.1) is 6.10 Å². The lowest BCUT2D eigenvalue weighted by Crippen LogP contribution is -2.40. The third-order valence-corrected chi connectivity index (χ3v) is 4.32. The third-order valence-electron chi connectivity index (χ3n) is 4.32. The van der Waals surface area contributed by atoms with E-state index in [1.165, 1.54) is 51.4 Å². The van der Waals surface area contributed by atoms with Crippen LogP contribution in [0.4, 0.5) is 0 Å². The van der Waals surface area contributed by atoms with Crippen molar-refractivity contribution in [2.75, 3.05) is 20.2 Å². The number of nitrogens with one attached hydrogen (secondary N) is 1. The largest absolute Gasteiger partial charge is 0.378 e. The van der Waals surface area contributed by atoms with Gasteiger partial charge in [-0.25, -0.2) is 0 Å². The molecule has 0 amide bonds. The molecular weight excluding hydrogens is 198 g/mol. The molecule has 2 nitrogen and oxygen atoms in total. The SMILES string of the molecule is CNCC1CCCOC1C1CCCCCC1. The molecule has 0 bridgehead atoms. The summed E-state index contributed by atoms with van der Waals surface area (Å²) in [7, 11) is 2.07.